The van der Waals surface area contributed by atoms with Gasteiger partial charge in [0.05, 0.1) is 26.0 Å². The Bertz CT molecular complexity index is 346. The van der Waals surface area contributed by atoms with Crippen molar-refractivity contribution in [1.29, 1.82) is 0 Å². The second-order valence-corrected chi connectivity index (χ2v) is 2.82. The Hall–Kier alpha value is -1.69. The maximum absolute atomic E-state index is 10.5. The molecule has 1 N–H and O–H groups in total. The van der Waals surface area contributed by atoms with Crippen molar-refractivity contribution in [1.82, 2.24) is 15.0 Å². The summed E-state index contributed by atoms with van der Waals surface area (Å²) in [7, 11) is 0. The summed E-state index contributed by atoms with van der Waals surface area (Å²) in [6.07, 6.45) is 5.17. The zero-order valence-corrected chi connectivity index (χ0v) is 8.46. The van der Waals surface area contributed by atoms with Crippen LogP contribution in [0.4, 0.5) is 0 Å². The van der Waals surface area contributed by atoms with Crippen molar-refractivity contribution in [3.8, 4) is 0 Å². The van der Waals surface area contributed by atoms with Crippen molar-refractivity contribution in [3.63, 3.8) is 0 Å². The highest BCUT2D eigenvalue weighted by atomic mass is 16.5. The van der Waals surface area contributed by atoms with Crippen molar-refractivity contribution < 1.29 is 14.6 Å². The fourth-order valence-electron chi connectivity index (χ4n) is 0.911. The second-order valence-electron chi connectivity index (χ2n) is 2.82. The molecule has 0 amide bonds. The number of nitrogens with zero attached hydrogens (tertiary/aromatic N) is 3. The Balaban J connectivity index is 2.28. The molecular formula is C9H13N3O3. The molecule has 0 radical (unpaired) electrons. The van der Waals surface area contributed by atoms with Gasteiger partial charge in [0.2, 0.25) is 0 Å². The number of rotatable bonds is 6. The van der Waals surface area contributed by atoms with Crippen molar-refractivity contribution >= 4 is 5.97 Å². The molecule has 0 aromatic carbocycles. The Morgan fingerprint density at radius 1 is 1.73 bits per heavy atom. The number of hydrogen-bond donors (Lipinski definition) is 1. The van der Waals surface area contributed by atoms with E-state index in [1.165, 1.54) is 10.9 Å². The molecular weight excluding hydrogens is 198 g/mol. The van der Waals surface area contributed by atoms with Gasteiger partial charge in [0.15, 0.2) is 5.69 Å². The molecule has 0 saturated heterocycles. The maximum atomic E-state index is 10.5. The van der Waals surface area contributed by atoms with E-state index in [1.807, 2.05) is 19.1 Å². The van der Waals surface area contributed by atoms with Gasteiger partial charge in [-0.3, -0.25) is 0 Å². The fourth-order valence-corrected chi connectivity index (χ4v) is 0.911. The number of aromatic nitrogens is 3. The van der Waals surface area contributed by atoms with Crippen molar-refractivity contribution in [2.45, 2.75) is 13.5 Å². The first-order chi connectivity index (χ1) is 7.24. The normalized spacial score (nSPS) is 11.0. The molecule has 0 atom stereocenters. The summed E-state index contributed by atoms with van der Waals surface area (Å²) < 4.78 is 6.67. The van der Waals surface area contributed by atoms with E-state index in [9.17, 15) is 4.79 Å². The molecule has 0 fully saturated rings. The van der Waals surface area contributed by atoms with E-state index in [0.717, 1.165) is 0 Å². The summed E-state index contributed by atoms with van der Waals surface area (Å²) >= 11 is 0. The SMILES string of the molecule is CC=CCOCCn1cc(C(=O)O)nn1. The van der Waals surface area contributed by atoms with Crippen LogP contribution in [0.25, 0.3) is 0 Å². The minimum Gasteiger partial charge on any atom is -0.476 e. The van der Waals surface area contributed by atoms with E-state index in [1.54, 1.807) is 0 Å². The number of aromatic carboxylic acids is 1. The highest BCUT2D eigenvalue weighted by Crippen LogP contribution is 1.92. The first kappa shape index (κ1) is 11.4. The number of carbonyl (C=O) groups is 1. The molecule has 1 aromatic heterocycles. The predicted molar refractivity (Wildman–Crippen MR) is 52.6 cm³/mol. The molecule has 0 aliphatic rings. The fraction of sp³-hybridized carbons (Fsp3) is 0.444. The van der Waals surface area contributed by atoms with Crippen molar-refractivity contribution in [2.75, 3.05) is 13.2 Å². The van der Waals surface area contributed by atoms with Crippen LogP contribution in [0.2, 0.25) is 0 Å². The van der Waals surface area contributed by atoms with Crippen LogP contribution in [-0.4, -0.2) is 39.3 Å². The van der Waals surface area contributed by atoms with E-state index in [2.05, 4.69) is 10.3 Å². The lowest BCUT2D eigenvalue weighted by Gasteiger charge is -1.99. The standard InChI is InChI=1S/C9H13N3O3/c1-2-3-5-15-6-4-12-7-8(9(13)14)10-11-12/h2-3,7H,4-6H2,1H3,(H,13,14). The summed E-state index contributed by atoms with van der Waals surface area (Å²) in [5, 5.41) is 15.7. The predicted octanol–water partition coefficient (Wildman–Crippen LogP) is 0.569. The monoisotopic (exact) mass is 211 g/mol. The van der Waals surface area contributed by atoms with Crippen LogP contribution in [0.1, 0.15) is 17.4 Å². The van der Waals surface area contributed by atoms with Crippen LogP contribution >= 0.6 is 0 Å². The number of carboxylic acid groups (broad SMARTS) is 1. The highest BCUT2D eigenvalue weighted by Gasteiger charge is 2.07. The summed E-state index contributed by atoms with van der Waals surface area (Å²) in [6.45, 7) is 3.45. The molecule has 0 saturated carbocycles. The van der Waals surface area contributed by atoms with Crippen molar-refractivity contribution in [2.24, 2.45) is 0 Å². The Labute approximate surface area is 87.2 Å². The maximum Gasteiger partial charge on any atom is 0.358 e. The number of allylic oxidation sites excluding steroid dienone is 1. The van der Waals surface area contributed by atoms with E-state index in [-0.39, 0.29) is 5.69 Å². The lowest BCUT2D eigenvalue weighted by Crippen LogP contribution is -2.06. The number of ether oxygens (including phenoxy) is 1. The van der Waals surface area contributed by atoms with E-state index in [0.29, 0.717) is 19.8 Å². The lowest BCUT2D eigenvalue weighted by molar-refractivity contribution is 0.0690. The molecule has 1 heterocycles. The van der Waals surface area contributed by atoms with E-state index in [4.69, 9.17) is 9.84 Å². The number of hydrogen-bond acceptors (Lipinski definition) is 4. The minimum absolute atomic E-state index is 0.0524. The second kappa shape index (κ2) is 5.92. The summed E-state index contributed by atoms with van der Waals surface area (Å²) in [4.78, 5) is 10.5. The van der Waals surface area contributed by atoms with Gasteiger partial charge in [0.25, 0.3) is 0 Å². The van der Waals surface area contributed by atoms with Crippen LogP contribution in [0.5, 0.6) is 0 Å². The average Bonchev–Trinajstić information content (AvgIpc) is 2.66. The summed E-state index contributed by atoms with van der Waals surface area (Å²) in [5.41, 5.74) is -0.0524. The van der Waals surface area contributed by atoms with Gasteiger partial charge in [-0.2, -0.15) is 0 Å². The zero-order chi connectivity index (χ0) is 11.1. The molecule has 82 valence electrons. The number of carboxylic acids is 1. The van der Waals surface area contributed by atoms with Gasteiger partial charge >= 0.3 is 5.97 Å². The zero-order valence-electron chi connectivity index (χ0n) is 8.46. The van der Waals surface area contributed by atoms with Crippen molar-refractivity contribution in [3.05, 3.63) is 24.0 Å². The van der Waals surface area contributed by atoms with Gasteiger partial charge < -0.3 is 9.84 Å². The third-order valence-corrected chi connectivity index (χ3v) is 1.67. The van der Waals surface area contributed by atoms with Gasteiger partial charge in [0, 0.05) is 0 Å². The average molecular weight is 211 g/mol. The van der Waals surface area contributed by atoms with E-state index < -0.39 is 5.97 Å². The molecule has 0 bridgehead atoms. The van der Waals surface area contributed by atoms with Gasteiger partial charge in [-0.25, -0.2) is 9.48 Å². The minimum atomic E-state index is -1.07. The van der Waals surface area contributed by atoms with Gasteiger partial charge in [-0.05, 0) is 6.92 Å². The molecule has 0 aliphatic carbocycles. The highest BCUT2D eigenvalue weighted by molar-refractivity contribution is 5.84. The molecule has 1 aromatic rings. The first-order valence-corrected chi connectivity index (χ1v) is 4.56. The summed E-state index contributed by atoms with van der Waals surface area (Å²) in [5.74, 6) is -1.07. The Kier molecular flexibility index (Phi) is 4.49. The molecule has 15 heavy (non-hydrogen) atoms. The van der Waals surface area contributed by atoms with Crippen LogP contribution < -0.4 is 0 Å². The van der Waals surface area contributed by atoms with Crippen LogP contribution in [0, 0.1) is 0 Å². The largest absolute Gasteiger partial charge is 0.476 e. The van der Waals surface area contributed by atoms with Gasteiger partial charge in [-0.15, -0.1) is 5.10 Å². The smallest absolute Gasteiger partial charge is 0.358 e. The molecule has 0 aliphatic heterocycles. The van der Waals surface area contributed by atoms with Crippen LogP contribution in [0.3, 0.4) is 0 Å². The Morgan fingerprint density at radius 3 is 3.13 bits per heavy atom. The molecule has 0 spiro atoms. The third kappa shape index (κ3) is 3.90. The van der Waals surface area contributed by atoms with Gasteiger partial charge in [0.1, 0.15) is 0 Å². The molecule has 0 unspecified atom stereocenters. The topological polar surface area (TPSA) is 77.2 Å². The summed E-state index contributed by atoms with van der Waals surface area (Å²) in [6, 6.07) is 0. The Morgan fingerprint density at radius 2 is 2.53 bits per heavy atom. The first-order valence-electron chi connectivity index (χ1n) is 4.56. The molecule has 1 rings (SSSR count). The third-order valence-electron chi connectivity index (χ3n) is 1.67. The van der Waals surface area contributed by atoms with Crippen LogP contribution in [0.15, 0.2) is 18.3 Å². The molecule has 6 nitrogen and oxygen atoms in total. The quantitative estimate of drug-likeness (QED) is 0.549. The van der Waals surface area contributed by atoms with Crippen LogP contribution in [-0.2, 0) is 11.3 Å². The van der Waals surface area contributed by atoms with Gasteiger partial charge in [-0.1, -0.05) is 17.4 Å². The lowest BCUT2D eigenvalue weighted by atomic mass is 10.5. The molecule has 6 heteroatoms. The van der Waals surface area contributed by atoms with E-state index >= 15 is 0 Å².